The van der Waals surface area contributed by atoms with E-state index in [1.165, 1.54) is 10.1 Å². The van der Waals surface area contributed by atoms with Crippen LogP contribution in [0.1, 0.15) is 41.9 Å². The summed E-state index contributed by atoms with van der Waals surface area (Å²) >= 11 is 1.57. The number of rotatable bonds is 5. The van der Waals surface area contributed by atoms with E-state index in [4.69, 9.17) is 4.42 Å². The van der Waals surface area contributed by atoms with Crippen molar-refractivity contribution in [3.05, 3.63) is 41.6 Å². The minimum absolute atomic E-state index is 0.0109. The summed E-state index contributed by atoms with van der Waals surface area (Å²) in [5.74, 6) is 2.41. The number of nitrogens with zero attached hydrogens (tertiary/aromatic N) is 5. The molecule has 5 rings (SSSR count). The summed E-state index contributed by atoms with van der Waals surface area (Å²) in [6.07, 6.45) is 0.780. The molecule has 0 radical (unpaired) electrons. The molecule has 1 fully saturated rings. The van der Waals surface area contributed by atoms with Crippen molar-refractivity contribution in [1.29, 1.82) is 0 Å². The molecule has 30 heavy (non-hydrogen) atoms. The molecule has 0 bridgehead atoms. The number of anilines is 1. The van der Waals surface area contributed by atoms with Gasteiger partial charge in [-0.2, -0.15) is 4.37 Å². The van der Waals surface area contributed by atoms with Gasteiger partial charge >= 0.3 is 0 Å². The van der Waals surface area contributed by atoms with Crippen LogP contribution in [-0.2, 0) is 6.42 Å². The van der Waals surface area contributed by atoms with E-state index < -0.39 is 0 Å². The molecule has 158 valence electrons. The van der Waals surface area contributed by atoms with Crippen LogP contribution >= 0.6 is 11.5 Å². The number of hydrogen-bond acceptors (Lipinski definition) is 7. The molecule has 7 nitrogen and oxygen atoms in total. The van der Waals surface area contributed by atoms with Gasteiger partial charge in [0, 0.05) is 63.5 Å². The number of hydrogen-bond donors (Lipinski definition) is 0. The van der Waals surface area contributed by atoms with Gasteiger partial charge in [0.15, 0.2) is 5.89 Å². The van der Waals surface area contributed by atoms with Gasteiger partial charge in [0.05, 0.1) is 10.4 Å². The first-order valence-corrected chi connectivity index (χ1v) is 11.5. The highest BCUT2D eigenvalue weighted by Crippen LogP contribution is 2.30. The quantitative estimate of drug-likeness (QED) is 0.625. The molecule has 2 aliphatic heterocycles. The van der Waals surface area contributed by atoms with Crippen LogP contribution in [0.2, 0.25) is 0 Å². The Morgan fingerprint density at radius 3 is 2.70 bits per heavy atom. The second kappa shape index (κ2) is 8.00. The minimum Gasteiger partial charge on any atom is -0.435 e. The molecule has 0 saturated carbocycles. The number of oxazole rings is 1. The van der Waals surface area contributed by atoms with Crippen LogP contribution in [0.25, 0.3) is 10.1 Å². The summed E-state index contributed by atoms with van der Waals surface area (Å²) in [4.78, 5) is 24.1. The summed E-state index contributed by atoms with van der Waals surface area (Å²) in [6.45, 7) is 10.3. The zero-order chi connectivity index (χ0) is 20.7. The Kier molecular flexibility index (Phi) is 5.20. The van der Waals surface area contributed by atoms with Crippen molar-refractivity contribution < 1.29 is 9.21 Å². The van der Waals surface area contributed by atoms with Crippen molar-refractivity contribution in [2.45, 2.75) is 26.2 Å². The average molecular weight is 426 g/mol. The highest BCUT2D eigenvalue weighted by molar-refractivity contribution is 7.13. The summed E-state index contributed by atoms with van der Waals surface area (Å²) < 4.78 is 11.7. The number of fused-ring (bicyclic) bond motifs is 2. The molecule has 2 aromatic heterocycles. The highest BCUT2D eigenvalue weighted by Gasteiger charge is 2.31. The van der Waals surface area contributed by atoms with Crippen LogP contribution in [0.5, 0.6) is 0 Å². The van der Waals surface area contributed by atoms with Gasteiger partial charge in [0.1, 0.15) is 5.82 Å². The Bertz CT molecular complexity index is 1050. The van der Waals surface area contributed by atoms with Crippen molar-refractivity contribution >= 4 is 33.3 Å². The van der Waals surface area contributed by atoms with Crippen LogP contribution in [0, 0.1) is 0 Å². The fourth-order valence-electron chi connectivity index (χ4n) is 4.20. The van der Waals surface area contributed by atoms with Crippen LogP contribution in [0.4, 0.5) is 5.82 Å². The number of amides is 1. The summed E-state index contributed by atoms with van der Waals surface area (Å²) in [5.41, 5.74) is 0.823. The van der Waals surface area contributed by atoms with E-state index >= 15 is 0 Å². The molecule has 0 unspecified atom stereocenters. The zero-order valence-electron chi connectivity index (χ0n) is 17.5. The van der Waals surface area contributed by atoms with Crippen LogP contribution in [-0.4, -0.2) is 70.9 Å². The molecule has 0 N–H and O–H groups in total. The summed E-state index contributed by atoms with van der Waals surface area (Å²) in [5, 5.41) is 1.25. The summed E-state index contributed by atoms with van der Waals surface area (Å²) in [7, 11) is 0. The predicted molar refractivity (Wildman–Crippen MR) is 118 cm³/mol. The maximum atomic E-state index is 12.8. The Hall–Kier alpha value is -2.45. The van der Waals surface area contributed by atoms with Crippen molar-refractivity contribution in [2.24, 2.45) is 0 Å². The van der Waals surface area contributed by atoms with E-state index in [0.29, 0.717) is 11.7 Å². The number of carbonyl (C=O) groups is 1. The third kappa shape index (κ3) is 3.58. The lowest BCUT2D eigenvalue weighted by molar-refractivity contribution is 0.0679. The Balaban J connectivity index is 1.16. The van der Waals surface area contributed by atoms with E-state index in [1.807, 2.05) is 18.7 Å². The second-order valence-electron chi connectivity index (χ2n) is 8.36. The first-order valence-electron chi connectivity index (χ1n) is 10.7. The molecule has 1 aromatic carbocycles. The van der Waals surface area contributed by atoms with E-state index in [9.17, 15) is 4.79 Å². The van der Waals surface area contributed by atoms with Gasteiger partial charge in [-0.25, -0.2) is 4.98 Å². The van der Waals surface area contributed by atoms with Gasteiger partial charge in [-0.1, -0.05) is 26.0 Å². The van der Waals surface area contributed by atoms with Gasteiger partial charge in [-0.3, -0.25) is 9.69 Å². The zero-order valence-corrected chi connectivity index (χ0v) is 18.3. The number of aromatic nitrogens is 2. The molecule has 0 atom stereocenters. The lowest BCUT2D eigenvalue weighted by atomic mass is 10.1. The standard InChI is InChI=1S/C22H27N5O2S/c1-15(2)21-23-17-7-8-27(22(28)19(17)29-21)14-11-25-9-12-26(13-10-25)20-16-5-3-4-6-18(16)30-24-20/h3-6,15H,7-14H2,1-2H3. The van der Waals surface area contributed by atoms with Gasteiger partial charge in [-0.05, 0) is 23.7 Å². The lowest BCUT2D eigenvalue weighted by Gasteiger charge is -2.36. The molecule has 1 saturated heterocycles. The SMILES string of the molecule is CC(C)c1nc2c(o1)C(=O)N(CCN1CCN(c3nsc4ccccc34)CC1)CC2. The Labute approximate surface area is 180 Å². The van der Waals surface area contributed by atoms with E-state index in [2.05, 4.69) is 43.4 Å². The Morgan fingerprint density at radius 1 is 1.10 bits per heavy atom. The van der Waals surface area contributed by atoms with Crippen LogP contribution in [0.15, 0.2) is 28.7 Å². The molecular formula is C22H27N5O2S. The predicted octanol–water partition coefficient (Wildman–Crippen LogP) is 3.23. The molecule has 4 heterocycles. The van der Waals surface area contributed by atoms with E-state index in [-0.39, 0.29) is 11.8 Å². The Morgan fingerprint density at radius 2 is 1.90 bits per heavy atom. The highest BCUT2D eigenvalue weighted by atomic mass is 32.1. The molecule has 0 spiro atoms. The monoisotopic (exact) mass is 425 g/mol. The fraction of sp³-hybridized carbons (Fsp3) is 0.500. The lowest BCUT2D eigenvalue weighted by Crippen LogP contribution is -2.49. The normalized spacial score (nSPS) is 17.9. The molecule has 2 aliphatic rings. The maximum absolute atomic E-state index is 12.8. The maximum Gasteiger partial charge on any atom is 0.291 e. The van der Waals surface area contributed by atoms with Gasteiger partial charge < -0.3 is 14.2 Å². The molecule has 1 amide bonds. The van der Waals surface area contributed by atoms with Gasteiger partial charge in [-0.15, -0.1) is 0 Å². The minimum atomic E-state index is -0.0109. The second-order valence-corrected chi connectivity index (χ2v) is 9.16. The van der Waals surface area contributed by atoms with Crippen LogP contribution in [0.3, 0.4) is 0 Å². The molecular weight excluding hydrogens is 398 g/mol. The first-order chi connectivity index (χ1) is 14.6. The topological polar surface area (TPSA) is 65.7 Å². The van der Waals surface area contributed by atoms with Crippen molar-refractivity contribution in [3.63, 3.8) is 0 Å². The van der Waals surface area contributed by atoms with Crippen molar-refractivity contribution in [3.8, 4) is 0 Å². The van der Waals surface area contributed by atoms with Crippen molar-refractivity contribution in [2.75, 3.05) is 50.7 Å². The van der Waals surface area contributed by atoms with Crippen molar-refractivity contribution in [1.82, 2.24) is 19.2 Å². The van der Waals surface area contributed by atoms with E-state index in [1.54, 1.807) is 11.5 Å². The molecule has 0 aliphatic carbocycles. The number of piperazine rings is 1. The smallest absolute Gasteiger partial charge is 0.291 e. The van der Waals surface area contributed by atoms with E-state index in [0.717, 1.165) is 63.7 Å². The fourth-order valence-corrected chi connectivity index (χ4v) is 4.99. The average Bonchev–Trinajstić information content (AvgIpc) is 3.39. The molecule has 8 heteroatoms. The van der Waals surface area contributed by atoms with Gasteiger partial charge in [0.2, 0.25) is 5.76 Å². The summed E-state index contributed by atoms with van der Waals surface area (Å²) in [6, 6.07) is 8.43. The molecule has 3 aromatic rings. The third-order valence-electron chi connectivity index (χ3n) is 6.02. The number of benzene rings is 1. The van der Waals surface area contributed by atoms with Gasteiger partial charge in [0.25, 0.3) is 5.91 Å². The largest absolute Gasteiger partial charge is 0.435 e. The first kappa shape index (κ1) is 19.5. The number of carbonyl (C=O) groups excluding carboxylic acids is 1. The third-order valence-corrected chi connectivity index (χ3v) is 6.84. The van der Waals surface area contributed by atoms with Crippen LogP contribution < -0.4 is 4.90 Å².